The van der Waals surface area contributed by atoms with Gasteiger partial charge in [0.25, 0.3) is 12.3 Å². The van der Waals surface area contributed by atoms with E-state index in [1.165, 1.54) is 46.1 Å². The molecule has 4 aromatic carbocycles. The first-order chi connectivity index (χ1) is 27.8. The molecule has 2 aromatic heterocycles. The summed E-state index contributed by atoms with van der Waals surface area (Å²) >= 11 is 0. The number of carbonyl (C=O) groups excluding carboxylic acids is 3. The summed E-state index contributed by atoms with van der Waals surface area (Å²) in [7, 11) is -3.82. The topological polar surface area (TPSA) is 182 Å². The number of aromatic nitrogens is 3. The Morgan fingerprint density at radius 1 is 1.00 bits per heavy atom. The molecule has 2 saturated heterocycles. The molecular weight excluding hydrogens is 780 g/mol. The first-order valence-electron chi connectivity index (χ1n) is 17.9. The Morgan fingerprint density at radius 2 is 1.76 bits per heavy atom. The number of ketones is 1. The SMILES string of the molecule is Cc1cc(Oc2ccccc2F)ccc1-n1ncc(C(=O)c2cc3cc(OCC(F)F)c(N4C(=O)C5CC(NS(=O)(=O)Cc6ccccc6)CN5C4=O)cc3[nH]2)c1N. The summed E-state index contributed by atoms with van der Waals surface area (Å²) in [5.74, 6) is -1.85. The highest BCUT2D eigenvalue weighted by atomic mass is 32.2. The predicted octanol–water partition coefficient (Wildman–Crippen LogP) is 6.08. The Labute approximate surface area is 329 Å². The van der Waals surface area contributed by atoms with Gasteiger partial charge in [-0.3, -0.25) is 9.59 Å². The summed E-state index contributed by atoms with van der Waals surface area (Å²) in [5, 5.41) is 4.67. The van der Waals surface area contributed by atoms with Gasteiger partial charge < -0.3 is 25.1 Å². The number of aromatic amines is 1. The molecule has 14 nitrogen and oxygen atoms in total. The number of ether oxygens (including phenoxy) is 2. The number of benzene rings is 4. The van der Waals surface area contributed by atoms with Gasteiger partial charge in [0.2, 0.25) is 15.8 Å². The van der Waals surface area contributed by atoms with Crippen LogP contribution in [0.3, 0.4) is 0 Å². The van der Waals surface area contributed by atoms with Crippen LogP contribution in [0.15, 0.2) is 97.2 Å². The molecule has 4 N–H and O–H groups in total. The Hall–Kier alpha value is -6.66. The number of alkyl halides is 2. The van der Waals surface area contributed by atoms with E-state index >= 15 is 0 Å². The zero-order valence-electron chi connectivity index (χ0n) is 30.6. The number of nitrogens with zero attached hydrogens (tertiary/aromatic N) is 4. The van der Waals surface area contributed by atoms with Gasteiger partial charge in [0.05, 0.1) is 34.6 Å². The van der Waals surface area contributed by atoms with E-state index in [-0.39, 0.29) is 58.5 Å². The minimum atomic E-state index is -3.82. The number of imide groups is 1. The maximum Gasteiger partial charge on any atom is 0.332 e. The molecule has 0 bridgehead atoms. The molecule has 0 aliphatic carbocycles. The molecule has 8 rings (SSSR count). The Morgan fingerprint density at radius 3 is 2.48 bits per heavy atom. The van der Waals surface area contributed by atoms with Crippen molar-refractivity contribution >= 4 is 50.2 Å². The predicted molar refractivity (Wildman–Crippen MR) is 206 cm³/mol. The van der Waals surface area contributed by atoms with Crippen LogP contribution >= 0.6 is 0 Å². The fourth-order valence-electron chi connectivity index (χ4n) is 7.22. The van der Waals surface area contributed by atoms with Crippen LogP contribution < -0.4 is 24.8 Å². The number of hydrogen-bond donors (Lipinski definition) is 3. The highest BCUT2D eigenvalue weighted by molar-refractivity contribution is 7.88. The summed E-state index contributed by atoms with van der Waals surface area (Å²) in [6.07, 6.45) is -1.60. The number of nitrogen functional groups attached to an aromatic ring is 1. The monoisotopic (exact) mass is 813 g/mol. The summed E-state index contributed by atoms with van der Waals surface area (Å²) < 4.78 is 81.7. The average Bonchev–Trinajstić information content (AvgIpc) is 3.94. The van der Waals surface area contributed by atoms with Crippen molar-refractivity contribution in [2.45, 2.75) is 37.6 Å². The molecule has 0 spiro atoms. The van der Waals surface area contributed by atoms with Gasteiger partial charge in [0, 0.05) is 23.5 Å². The van der Waals surface area contributed by atoms with E-state index in [0.717, 1.165) is 4.90 Å². The van der Waals surface area contributed by atoms with Crippen LogP contribution in [0.2, 0.25) is 0 Å². The van der Waals surface area contributed by atoms with Crippen LogP contribution in [0.25, 0.3) is 16.6 Å². The number of aryl methyl sites for hydroxylation is 1. The number of amides is 3. The van der Waals surface area contributed by atoms with Crippen molar-refractivity contribution in [3.05, 3.63) is 125 Å². The van der Waals surface area contributed by atoms with Crippen LogP contribution in [0.1, 0.15) is 33.6 Å². The van der Waals surface area contributed by atoms with Crippen molar-refractivity contribution < 1.29 is 45.4 Å². The molecule has 6 aromatic rings. The molecule has 2 aliphatic rings. The van der Waals surface area contributed by atoms with E-state index in [1.807, 2.05) is 0 Å². The second-order valence-corrected chi connectivity index (χ2v) is 15.6. The number of halogens is 3. The van der Waals surface area contributed by atoms with E-state index in [9.17, 15) is 36.0 Å². The van der Waals surface area contributed by atoms with Gasteiger partial charge in [0.15, 0.2) is 11.6 Å². The third-order valence-electron chi connectivity index (χ3n) is 9.85. The number of nitrogens with one attached hydrogen (secondary N) is 2. The standard InChI is InChI=1S/C40H34F3N7O7S/c1-22-13-26(57-34-10-6-5-9-28(34)41)11-12-31(22)50-38(44)27(18-45-50)37(51)30-14-24-15-35(56-20-36(42)43)32(17-29(24)46-30)49-39(52)33-16-25(19-48(33)40(49)53)47-58(54,55)21-23-7-3-2-4-8-23/h2-15,17-18,25,33,36,46-47H,16,19-21,44H2,1H3. The smallest absolute Gasteiger partial charge is 0.332 e. The van der Waals surface area contributed by atoms with Gasteiger partial charge in [-0.05, 0) is 73.0 Å². The lowest BCUT2D eigenvalue weighted by molar-refractivity contribution is -0.119. The third kappa shape index (κ3) is 7.34. The quantitative estimate of drug-likeness (QED) is 0.0920. The maximum absolute atomic E-state index is 14.1. The van der Waals surface area contributed by atoms with E-state index in [4.69, 9.17) is 15.2 Å². The molecule has 2 atom stereocenters. The zero-order chi connectivity index (χ0) is 40.9. The largest absolute Gasteiger partial charge is 0.485 e. The van der Waals surface area contributed by atoms with Gasteiger partial charge in [-0.25, -0.2) is 40.7 Å². The highest BCUT2D eigenvalue weighted by Gasteiger charge is 2.52. The number of urea groups is 1. The summed E-state index contributed by atoms with van der Waals surface area (Å²) in [6.45, 7) is 0.618. The third-order valence-corrected chi connectivity index (χ3v) is 11.3. The van der Waals surface area contributed by atoms with Crippen LogP contribution in [0.5, 0.6) is 17.2 Å². The number of sulfonamides is 1. The van der Waals surface area contributed by atoms with Crippen molar-refractivity contribution in [1.29, 1.82) is 0 Å². The Bertz CT molecular complexity index is 2680. The van der Waals surface area contributed by atoms with Crippen molar-refractivity contribution in [1.82, 2.24) is 24.4 Å². The van der Waals surface area contributed by atoms with Gasteiger partial charge in [-0.15, -0.1) is 0 Å². The number of hydrogen-bond acceptors (Lipinski definition) is 9. The Balaban J connectivity index is 1.03. The minimum Gasteiger partial charge on any atom is -0.485 e. The minimum absolute atomic E-state index is 0.00526. The second kappa shape index (κ2) is 15.0. The van der Waals surface area contributed by atoms with Crippen molar-refractivity contribution in [2.24, 2.45) is 0 Å². The van der Waals surface area contributed by atoms with Crippen molar-refractivity contribution in [2.75, 3.05) is 23.8 Å². The number of rotatable bonds is 13. The number of H-pyrrole nitrogens is 1. The Kier molecular flexibility index (Phi) is 9.90. The van der Waals surface area contributed by atoms with Crippen molar-refractivity contribution in [3.8, 4) is 22.9 Å². The molecule has 0 radical (unpaired) electrons. The number of fused-ring (bicyclic) bond motifs is 2. The second-order valence-electron chi connectivity index (χ2n) is 13.9. The summed E-state index contributed by atoms with van der Waals surface area (Å²) in [4.78, 5) is 46.4. The van der Waals surface area contributed by atoms with Crippen LogP contribution in [0, 0.1) is 12.7 Å². The van der Waals surface area contributed by atoms with E-state index < -0.39 is 58.7 Å². The van der Waals surface area contributed by atoms with Gasteiger partial charge in [0.1, 0.15) is 30.0 Å². The molecule has 58 heavy (non-hydrogen) atoms. The number of nitrogens with two attached hydrogens (primary N) is 1. The van der Waals surface area contributed by atoms with E-state index in [2.05, 4.69) is 14.8 Å². The van der Waals surface area contributed by atoms with Gasteiger partial charge in [-0.2, -0.15) is 5.10 Å². The fraction of sp³-hybridized carbons (Fsp3) is 0.200. The first kappa shape index (κ1) is 38.2. The van der Waals surface area contributed by atoms with Gasteiger partial charge >= 0.3 is 6.03 Å². The molecule has 2 aliphatic heterocycles. The van der Waals surface area contributed by atoms with Crippen LogP contribution in [0.4, 0.5) is 29.5 Å². The van der Waals surface area contributed by atoms with Crippen LogP contribution in [-0.4, -0.2) is 77.5 Å². The molecular formula is C40H34F3N7O7S. The normalized spacial score (nSPS) is 16.8. The lowest BCUT2D eigenvalue weighted by Crippen LogP contribution is -2.41. The maximum atomic E-state index is 14.1. The van der Waals surface area contributed by atoms with E-state index in [0.29, 0.717) is 28.0 Å². The molecule has 2 unspecified atom stereocenters. The lowest BCUT2D eigenvalue weighted by Gasteiger charge is -2.21. The summed E-state index contributed by atoms with van der Waals surface area (Å²) in [6, 6.07) is 21.0. The number of carbonyl (C=O) groups is 3. The first-order valence-corrected chi connectivity index (χ1v) is 19.6. The fourth-order valence-corrected chi connectivity index (χ4v) is 8.61. The molecule has 298 valence electrons. The molecule has 2 fully saturated rings. The molecule has 18 heteroatoms. The molecule has 0 saturated carbocycles. The highest BCUT2D eigenvalue weighted by Crippen LogP contribution is 2.40. The zero-order valence-corrected chi connectivity index (χ0v) is 31.4. The molecule has 4 heterocycles. The van der Waals surface area contributed by atoms with Gasteiger partial charge in [-0.1, -0.05) is 42.5 Å². The van der Waals surface area contributed by atoms with E-state index in [1.54, 1.807) is 67.6 Å². The van der Waals surface area contributed by atoms with Crippen LogP contribution in [-0.2, 0) is 20.6 Å². The molecule has 3 amide bonds. The lowest BCUT2D eigenvalue weighted by atomic mass is 10.1. The number of anilines is 2. The number of para-hydroxylation sites is 1. The summed E-state index contributed by atoms with van der Waals surface area (Å²) in [5.41, 5.74) is 8.40. The average molecular weight is 814 g/mol. The van der Waals surface area contributed by atoms with Crippen molar-refractivity contribution in [3.63, 3.8) is 0 Å².